The molecule has 0 bridgehead atoms. The minimum Gasteiger partial charge on any atom is -0.296 e. The number of halogens is 1. The van der Waals surface area contributed by atoms with Crippen LogP contribution in [0.4, 0.5) is 0 Å². The minimum absolute atomic E-state index is 0.0268. The fraction of sp³-hybridized carbons (Fsp3) is 0.0870. The third-order valence-corrected chi connectivity index (χ3v) is 5.53. The molecule has 5 aromatic rings. The van der Waals surface area contributed by atoms with E-state index in [1.54, 1.807) is 6.20 Å². The molecule has 0 saturated carbocycles. The smallest absolute Gasteiger partial charge is 0.185 e. The predicted molar refractivity (Wildman–Crippen MR) is 116 cm³/mol. The number of fused-ring (bicyclic) bond motifs is 2. The van der Waals surface area contributed by atoms with E-state index in [-0.39, 0.29) is 5.78 Å². The monoisotopic (exact) mass is 444 g/mol. The Morgan fingerprint density at radius 2 is 1.83 bits per heavy atom. The highest BCUT2D eigenvalue weighted by atomic mass is 79.9. The van der Waals surface area contributed by atoms with Crippen molar-refractivity contribution in [2.75, 3.05) is 0 Å². The molecule has 0 unspecified atom stereocenters. The van der Waals surface area contributed by atoms with Gasteiger partial charge in [-0.25, -0.2) is 4.98 Å². The molecule has 0 atom stereocenters. The number of hydrogen-bond acceptors (Lipinski definition) is 3. The van der Waals surface area contributed by atoms with Crippen LogP contribution in [-0.4, -0.2) is 24.9 Å². The largest absolute Gasteiger partial charge is 0.296 e. The molecule has 0 N–H and O–H groups in total. The summed E-state index contributed by atoms with van der Waals surface area (Å²) >= 11 is 3.46. The molecule has 29 heavy (non-hydrogen) atoms. The summed E-state index contributed by atoms with van der Waals surface area (Å²) in [6.45, 7) is 0.697. The molecular weight excluding hydrogens is 428 g/mol. The molecular formula is C23H17BrN4O. The quantitative estimate of drug-likeness (QED) is 0.361. The van der Waals surface area contributed by atoms with Crippen LogP contribution in [0, 0.1) is 0 Å². The molecule has 0 radical (unpaired) electrons. The Hall–Kier alpha value is -3.25. The van der Waals surface area contributed by atoms with Gasteiger partial charge in [0.05, 0.1) is 24.5 Å². The molecule has 5 rings (SSSR count). The molecule has 2 aromatic carbocycles. The summed E-state index contributed by atoms with van der Waals surface area (Å²) in [7, 11) is 0. The molecule has 0 saturated heterocycles. The Kier molecular flexibility index (Phi) is 4.48. The maximum Gasteiger partial charge on any atom is 0.185 e. The van der Waals surface area contributed by atoms with Crippen LogP contribution in [0.5, 0.6) is 0 Å². The van der Waals surface area contributed by atoms with Crippen molar-refractivity contribution in [3.8, 4) is 0 Å². The molecule has 3 heterocycles. The number of aromatic nitrogens is 4. The minimum atomic E-state index is 0.0268. The van der Waals surface area contributed by atoms with Gasteiger partial charge in [-0.1, -0.05) is 42.5 Å². The number of rotatable bonds is 5. The predicted octanol–water partition coefficient (Wildman–Crippen LogP) is 4.92. The van der Waals surface area contributed by atoms with Crippen molar-refractivity contribution in [3.05, 3.63) is 101 Å². The molecule has 142 valence electrons. The van der Waals surface area contributed by atoms with Crippen LogP contribution >= 0.6 is 15.9 Å². The van der Waals surface area contributed by atoms with Gasteiger partial charge in [-0.15, -0.1) is 0 Å². The van der Waals surface area contributed by atoms with Crippen LogP contribution in [0.25, 0.3) is 16.6 Å². The molecule has 0 amide bonds. The summed E-state index contributed by atoms with van der Waals surface area (Å²) in [4.78, 5) is 17.4. The molecule has 6 heteroatoms. The summed E-state index contributed by atoms with van der Waals surface area (Å²) < 4.78 is 4.70. The molecule has 0 aliphatic carbocycles. The average Bonchev–Trinajstić information content (AvgIpc) is 3.33. The Bertz CT molecular complexity index is 1340. The molecule has 0 fully saturated rings. The number of carbonyl (C=O) groups excluding carboxylic acids is 1. The first-order chi connectivity index (χ1) is 14.2. The van der Waals surface area contributed by atoms with E-state index < -0.39 is 0 Å². The molecule has 0 aliphatic heterocycles. The van der Waals surface area contributed by atoms with Crippen LogP contribution in [0.2, 0.25) is 0 Å². The van der Waals surface area contributed by atoms with Crippen LogP contribution in [0.15, 0.2) is 83.7 Å². The Morgan fingerprint density at radius 3 is 2.69 bits per heavy atom. The SMILES string of the molecule is O=C(Cc1cccc2c1cnn2Cc1ccccc1)c1cnc2ccc(Br)cn12. The van der Waals surface area contributed by atoms with Crippen LogP contribution in [0.3, 0.4) is 0 Å². The second-order valence-corrected chi connectivity index (χ2v) is 7.87. The molecule has 0 aliphatic rings. The highest BCUT2D eigenvalue weighted by Crippen LogP contribution is 2.22. The van der Waals surface area contributed by atoms with E-state index in [0.717, 1.165) is 26.6 Å². The van der Waals surface area contributed by atoms with Gasteiger partial charge < -0.3 is 0 Å². The van der Waals surface area contributed by atoms with Crippen molar-refractivity contribution >= 4 is 38.3 Å². The number of hydrogen-bond donors (Lipinski definition) is 0. The van der Waals surface area contributed by atoms with E-state index in [9.17, 15) is 4.79 Å². The van der Waals surface area contributed by atoms with Crippen molar-refractivity contribution in [2.45, 2.75) is 13.0 Å². The number of pyridine rings is 1. The lowest BCUT2D eigenvalue weighted by Crippen LogP contribution is -2.07. The fourth-order valence-electron chi connectivity index (χ4n) is 3.62. The maximum absolute atomic E-state index is 13.0. The van der Waals surface area contributed by atoms with Crippen LogP contribution < -0.4 is 0 Å². The van der Waals surface area contributed by atoms with Crippen molar-refractivity contribution in [1.82, 2.24) is 19.2 Å². The topological polar surface area (TPSA) is 52.2 Å². The first-order valence-corrected chi connectivity index (χ1v) is 10.1. The zero-order valence-corrected chi connectivity index (χ0v) is 17.1. The second-order valence-electron chi connectivity index (χ2n) is 6.96. The Labute approximate surface area is 175 Å². The molecule has 5 nitrogen and oxygen atoms in total. The summed E-state index contributed by atoms with van der Waals surface area (Å²) in [6.07, 6.45) is 5.66. The average molecular weight is 445 g/mol. The first-order valence-electron chi connectivity index (χ1n) is 9.32. The van der Waals surface area contributed by atoms with E-state index in [2.05, 4.69) is 38.1 Å². The fourth-order valence-corrected chi connectivity index (χ4v) is 3.96. The lowest BCUT2D eigenvalue weighted by molar-refractivity contribution is 0.0987. The zero-order chi connectivity index (χ0) is 19.8. The van der Waals surface area contributed by atoms with E-state index >= 15 is 0 Å². The highest BCUT2D eigenvalue weighted by molar-refractivity contribution is 9.10. The zero-order valence-electron chi connectivity index (χ0n) is 15.5. The van der Waals surface area contributed by atoms with E-state index in [1.807, 2.05) is 70.0 Å². The van der Waals surface area contributed by atoms with Crippen molar-refractivity contribution in [2.24, 2.45) is 0 Å². The second kappa shape index (κ2) is 7.29. The summed E-state index contributed by atoms with van der Waals surface area (Å²) in [6, 6.07) is 20.1. The summed E-state index contributed by atoms with van der Waals surface area (Å²) in [5.74, 6) is 0.0268. The first kappa shape index (κ1) is 17.8. The lowest BCUT2D eigenvalue weighted by Gasteiger charge is -2.06. The van der Waals surface area contributed by atoms with Crippen molar-refractivity contribution in [1.29, 1.82) is 0 Å². The van der Waals surface area contributed by atoms with Crippen LogP contribution in [-0.2, 0) is 13.0 Å². The normalized spacial score (nSPS) is 11.3. The van der Waals surface area contributed by atoms with Gasteiger partial charge in [0.15, 0.2) is 5.78 Å². The van der Waals surface area contributed by atoms with Gasteiger partial charge in [0.1, 0.15) is 11.3 Å². The van der Waals surface area contributed by atoms with Gasteiger partial charge in [-0.05, 0) is 45.3 Å². The van der Waals surface area contributed by atoms with Gasteiger partial charge in [0.2, 0.25) is 0 Å². The number of Topliss-reactive ketones (excluding diaryl/α,β-unsaturated/α-hetero) is 1. The standard InChI is InChI=1S/C23H17BrN4O/c24-18-9-10-23-25-13-21(27(23)15-18)22(29)11-17-7-4-8-20-19(17)12-26-28(20)14-16-5-2-1-3-6-16/h1-10,12-13,15H,11,14H2. The molecule has 3 aromatic heterocycles. The number of benzene rings is 2. The molecule has 0 spiro atoms. The Balaban J connectivity index is 1.47. The Morgan fingerprint density at radius 1 is 0.966 bits per heavy atom. The van der Waals surface area contributed by atoms with Crippen LogP contribution in [0.1, 0.15) is 21.6 Å². The summed E-state index contributed by atoms with van der Waals surface area (Å²) in [5, 5.41) is 5.57. The lowest BCUT2D eigenvalue weighted by atomic mass is 10.0. The van der Waals surface area contributed by atoms with E-state index in [1.165, 1.54) is 5.56 Å². The number of imidazole rings is 1. The van der Waals surface area contributed by atoms with Gasteiger partial charge >= 0.3 is 0 Å². The number of carbonyl (C=O) groups is 1. The number of nitrogens with zero attached hydrogens (tertiary/aromatic N) is 4. The van der Waals surface area contributed by atoms with Gasteiger partial charge in [0.25, 0.3) is 0 Å². The van der Waals surface area contributed by atoms with Gasteiger partial charge in [-0.2, -0.15) is 5.10 Å². The van der Waals surface area contributed by atoms with Crippen molar-refractivity contribution in [3.63, 3.8) is 0 Å². The van der Waals surface area contributed by atoms with Crippen molar-refractivity contribution < 1.29 is 4.79 Å². The summed E-state index contributed by atoms with van der Waals surface area (Å²) in [5.41, 5.74) is 4.52. The maximum atomic E-state index is 13.0. The third kappa shape index (κ3) is 3.36. The van der Waals surface area contributed by atoms with Gasteiger partial charge in [0, 0.05) is 22.5 Å². The van der Waals surface area contributed by atoms with Gasteiger partial charge in [-0.3, -0.25) is 13.9 Å². The van der Waals surface area contributed by atoms with E-state index in [0.29, 0.717) is 18.7 Å². The number of ketones is 1. The highest BCUT2D eigenvalue weighted by Gasteiger charge is 2.16. The third-order valence-electron chi connectivity index (χ3n) is 5.06. The van der Waals surface area contributed by atoms with E-state index in [4.69, 9.17) is 0 Å².